The number of halogens is 1. The molecule has 2 aromatic carbocycles. The monoisotopic (exact) mass is 433 g/mol. The van der Waals surface area contributed by atoms with Crippen LogP contribution in [0.15, 0.2) is 60.9 Å². The van der Waals surface area contributed by atoms with E-state index in [1.807, 2.05) is 6.92 Å². The average molecular weight is 433 g/mol. The highest BCUT2D eigenvalue weighted by atomic mass is 19.1. The van der Waals surface area contributed by atoms with Crippen molar-refractivity contribution in [3.05, 3.63) is 83.4 Å². The van der Waals surface area contributed by atoms with Gasteiger partial charge in [0.05, 0.1) is 18.1 Å². The zero-order valence-electron chi connectivity index (χ0n) is 17.3. The predicted octanol–water partition coefficient (Wildman–Crippen LogP) is 3.14. The third kappa shape index (κ3) is 4.06. The van der Waals surface area contributed by atoms with Crippen LogP contribution in [0, 0.1) is 12.7 Å². The number of anilines is 3. The highest BCUT2D eigenvalue weighted by Crippen LogP contribution is 2.22. The molecule has 0 bridgehead atoms. The molecule has 0 fully saturated rings. The standard InChI is InChI=1S/C22H20FN7O2/c1-13-3-4-14(21(31)28-19-9-10-25-29(19)2)11-18(13)27-22(32)17-12-26-30(20(17)24)16-7-5-15(23)6-8-16/h3-12H,24H2,1-2H3,(H,27,32)(H,28,31). The molecule has 2 amide bonds. The number of aromatic nitrogens is 4. The van der Waals surface area contributed by atoms with Crippen LogP contribution in [-0.4, -0.2) is 31.4 Å². The van der Waals surface area contributed by atoms with E-state index in [-0.39, 0.29) is 23.1 Å². The van der Waals surface area contributed by atoms with E-state index in [4.69, 9.17) is 5.73 Å². The van der Waals surface area contributed by atoms with E-state index >= 15 is 0 Å². The number of nitrogen functional groups attached to an aromatic ring is 1. The summed E-state index contributed by atoms with van der Waals surface area (Å²) in [6, 6.07) is 12.2. The fourth-order valence-electron chi connectivity index (χ4n) is 3.09. The lowest BCUT2D eigenvalue weighted by Crippen LogP contribution is -2.17. The van der Waals surface area contributed by atoms with Crippen LogP contribution in [0.4, 0.5) is 21.7 Å². The molecule has 0 aliphatic rings. The second kappa shape index (κ2) is 8.34. The Morgan fingerprint density at radius 3 is 2.44 bits per heavy atom. The van der Waals surface area contributed by atoms with E-state index in [0.29, 0.717) is 22.8 Å². The number of nitrogens with zero attached hydrogens (tertiary/aromatic N) is 4. The number of rotatable bonds is 5. The smallest absolute Gasteiger partial charge is 0.261 e. The lowest BCUT2D eigenvalue weighted by Gasteiger charge is -2.11. The Hall–Kier alpha value is -4.47. The first kappa shape index (κ1) is 20.8. The van der Waals surface area contributed by atoms with Crippen LogP contribution in [0.3, 0.4) is 0 Å². The van der Waals surface area contributed by atoms with Gasteiger partial charge in [0.15, 0.2) is 0 Å². The lowest BCUT2D eigenvalue weighted by atomic mass is 10.1. The molecular weight excluding hydrogens is 413 g/mol. The number of carbonyl (C=O) groups excluding carboxylic acids is 2. The van der Waals surface area contributed by atoms with Crippen LogP contribution in [-0.2, 0) is 7.05 Å². The van der Waals surface area contributed by atoms with Gasteiger partial charge in [0.25, 0.3) is 11.8 Å². The fourth-order valence-corrected chi connectivity index (χ4v) is 3.09. The van der Waals surface area contributed by atoms with Gasteiger partial charge in [-0.05, 0) is 48.9 Å². The minimum absolute atomic E-state index is 0.108. The van der Waals surface area contributed by atoms with Crippen molar-refractivity contribution in [1.29, 1.82) is 0 Å². The first-order valence-electron chi connectivity index (χ1n) is 9.64. The number of benzene rings is 2. The Labute approximate surface area is 182 Å². The SMILES string of the molecule is Cc1ccc(C(=O)Nc2ccnn2C)cc1NC(=O)c1cnn(-c2ccc(F)cc2)c1N. The largest absolute Gasteiger partial charge is 0.383 e. The van der Waals surface area contributed by atoms with Crippen LogP contribution in [0.1, 0.15) is 26.3 Å². The summed E-state index contributed by atoms with van der Waals surface area (Å²) in [5.74, 6) is -0.560. The quantitative estimate of drug-likeness (QED) is 0.447. The normalized spacial score (nSPS) is 10.7. The van der Waals surface area contributed by atoms with E-state index in [0.717, 1.165) is 5.56 Å². The number of amides is 2. The summed E-state index contributed by atoms with van der Waals surface area (Å²) < 4.78 is 16.1. The van der Waals surface area contributed by atoms with Gasteiger partial charge in [-0.3, -0.25) is 14.3 Å². The third-order valence-electron chi connectivity index (χ3n) is 4.93. The van der Waals surface area contributed by atoms with Gasteiger partial charge in [0, 0.05) is 24.4 Å². The molecular formula is C22H20FN7O2. The second-order valence-corrected chi connectivity index (χ2v) is 7.11. The summed E-state index contributed by atoms with van der Waals surface area (Å²) in [4.78, 5) is 25.4. The molecule has 0 atom stereocenters. The summed E-state index contributed by atoms with van der Waals surface area (Å²) in [7, 11) is 1.72. The zero-order valence-corrected chi connectivity index (χ0v) is 17.3. The number of nitrogens with one attached hydrogen (secondary N) is 2. The van der Waals surface area contributed by atoms with Crippen LogP contribution in [0.2, 0.25) is 0 Å². The molecule has 0 unspecified atom stereocenters. The first-order valence-corrected chi connectivity index (χ1v) is 9.64. The van der Waals surface area contributed by atoms with Gasteiger partial charge in [-0.2, -0.15) is 10.2 Å². The summed E-state index contributed by atoms with van der Waals surface area (Å²) in [5.41, 5.74) is 8.37. The van der Waals surface area contributed by atoms with Crippen LogP contribution in [0.5, 0.6) is 0 Å². The van der Waals surface area contributed by atoms with Gasteiger partial charge >= 0.3 is 0 Å². The summed E-state index contributed by atoms with van der Waals surface area (Å²) in [6.45, 7) is 1.81. The number of hydrogen-bond donors (Lipinski definition) is 3. The summed E-state index contributed by atoms with van der Waals surface area (Å²) >= 11 is 0. The van der Waals surface area contributed by atoms with E-state index in [1.54, 1.807) is 37.5 Å². The maximum absolute atomic E-state index is 13.2. The molecule has 9 nitrogen and oxygen atoms in total. The summed E-state index contributed by atoms with van der Waals surface area (Å²) in [5, 5.41) is 13.7. The topological polar surface area (TPSA) is 120 Å². The Bertz CT molecular complexity index is 1310. The van der Waals surface area contributed by atoms with Crippen LogP contribution in [0.25, 0.3) is 5.69 Å². The molecule has 10 heteroatoms. The number of nitrogens with two attached hydrogens (primary N) is 1. The van der Waals surface area contributed by atoms with Gasteiger partial charge in [-0.15, -0.1) is 0 Å². The maximum atomic E-state index is 13.2. The molecule has 2 heterocycles. The predicted molar refractivity (Wildman–Crippen MR) is 118 cm³/mol. The minimum atomic E-state index is -0.483. The maximum Gasteiger partial charge on any atom is 0.261 e. The van der Waals surface area contributed by atoms with E-state index < -0.39 is 5.91 Å². The second-order valence-electron chi connectivity index (χ2n) is 7.11. The molecule has 0 aliphatic heterocycles. The molecule has 32 heavy (non-hydrogen) atoms. The average Bonchev–Trinajstić information content (AvgIpc) is 3.35. The number of aryl methyl sites for hydroxylation is 2. The van der Waals surface area contributed by atoms with Crippen molar-refractivity contribution in [2.24, 2.45) is 7.05 Å². The Kier molecular flexibility index (Phi) is 5.42. The summed E-state index contributed by atoms with van der Waals surface area (Å²) in [6.07, 6.45) is 2.91. The third-order valence-corrected chi connectivity index (χ3v) is 4.93. The van der Waals surface area contributed by atoms with Gasteiger partial charge < -0.3 is 16.4 Å². The van der Waals surface area contributed by atoms with Crippen molar-refractivity contribution in [1.82, 2.24) is 19.6 Å². The molecule has 2 aromatic heterocycles. The Balaban J connectivity index is 1.55. The van der Waals surface area contributed by atoms with Crippen molar-refractivity contribution in [2.75, 3.05) is 16.4 Å². The molecule has 0 saturated heterocycles. The Morgan fingerprint density at radius 2 is 1.75 bits per heavy atom. The van der Waals surface area contributed by atoms with Gasteiger partial charge in [0.1, 0.15) is 23.0 Å². The first-order chi connectivity index (χ1) is 15.3. The van der Waals surface area contributed by atoms with E-state index in [2.05, 4.69) is 20.8 Å². The fraction of sp³-hybridized carbons (Fsp3) is 0.0909. The Morgan fingerprint density at radius 1 is 1.00 bits per heavy atom. The van der Waals surface area contributed by atoms with Crippen molar-refractivity contribution in [3.63, 3.8) is 0 Å². The van der Waals surface area contributed by atoms with Gasteiger partial charge in [-0.1, -0.05) is 6.07 Å². The molecule has 162 valence electrons. The molecule has 4 N–H and O–H groups in total. The van der Waals surface area contributed by atoms with Crippen LogP contribution >= 0.6 is 0 Å². The molecule has 0 radical (unpaired) electrons. The molecule has 4 aromatic rings. The van der Waals surface area contributed by atoms with Gasteiger partial charge in [-0.25, -0.2) is 9.07 Å². The zero-order chi connectivity index (χ0) is 22.8. The molecule has 4 rings (SSSR count). The lowest BCUT2D eigenvalue weighted by molar-refractivity contribution is 0.101. The van der Waals surface area contributed by atoms with Crippen molar-refractivity contribution < 1.29 is 14.0 Å². The number of hydrogen-bond acceptors (Lipinski definition) is 5. The number of carbonyl (C=O) groups is 2. The van der Waals surface area contributed by atoms with Crippen LogP contribution < -0.4 is 16.4 Å². The highest BCUT2D eigenvalue weighted by Gasteiger charge is 2.18. The van der Waals surface area contributed by atoms with Crippen molar-refractivity contribution in [2.45, 2.75) is 6.92 Å². The highest BCUT2D eigenvalue weighted by molar-refractivity contribution is 6.09. The van der Waals surface area contributed by atoms with E-state index in [1.165, 1.54) is 39.8 Å². The van der Waals surface area contributed by atoms with Crippen molar-refractivity contribution in [3.8, 4) is 5.69 Å². The molecule has 0 aliphatic carbocycles. The van der Waals surface area contributed by atoms with Gasteiger partial charge in [0.2, 0.25) is 0 Å². The van der Waals surface area contributed by atoms with E-state index in [9.17, 15) is 14.0 Å². The minimum Gasteiger partial charge on any atom is -0.383 e. The molecule has 0 spiro atoms. The molecule has 0 saturated carbocycles. The van der Waals surface area contributed by atoms with Crippen molar-refractivity contribution >= 4 is 29.1 Å².